The van der Waals surface area contributed by atoms with Crippen molar-refractivity contribution < 1.29 is 9.53 Å². The highest BCUT2D eigenvalue weighted by atomic mass is 16.5. The minimum atomic E-state index is -0.555. The van der Waals surface area contributed by atoms with Crippen LogP contribution in [0.2, 0.25) is 0 Å². The van der Waals surface area contributed by atoms with Crippen LogP contribution in [0.3, 0.4) is 0 Å². The summed E-state index contributed by atoms with van der Waals surface area (Å²) in [6.07, 6.45) is 2.47. The SMILES string of the molecule is O=C1COC2(C1)c1ccccc1CCc1ccccc12. The van der Waals surface area contributed by atoms with Crippen molar-refractivity contribution in [3.63, 3.8) is 0 Å². The van der Waals surface area contributed by atoms with Crippen molar-refractivity contribution in [3.05, 3.63) is 70.8 Å². The molecule has 0 amide bonds. The van der Waals surface area contributed by atoms with Gasteiger partial charge in [-0.3, -0.25) is 4.79 Å². The number of fused-ring (bicyclic) bond motifs is 4. The number of ketones is 1. The summed E-state index contributed by atoms with van der Waals surface area (Å²) in [6, 6.07) is 16.8. The van der Waals surface area contributed by atoms with E-state index >= 15 is 0 Å². The molecule has 0 saturated carbocycles. The van der Waals surface area contributed by atoms with Gasteiger partial charge in [0.15, 0.2) is 5.78 Å². The van der Waals surface area contributed by atoms with Gasteiger partial charge in [0.05, 0.1) is 0 Å². The molecule has 1 aliphatic carbocycles. The van der Waals surface area contributed by atoms with Gasteiger partial charge in [-0.2, -0.15) is 0 Å². The Balaban J connectivity index is 2.02. The number of hydrogen-bond donors (Lipinski definition) is 0. The van der Waals surface area contributed by atoms with Crippen molar-refractivity contribution in [3.8, 4) is 0 Å². The summed E-state index contributed by atoms with van der Waals surface area (Å²) in [5.41, 5.74) is 4.41. The van der Waals surface area contributed by atoms with E-state index in [4.69, 9.17) is 4.74 Å². The minimum absolute atomic E-state index is 0.191. The summed E-state index contributed by atoms with van der Waals surface area (Å²) in [4.78, 5) is 11.9. The lowest BCUT2D eigenvalue weighted by Crippen LogP contribution is -2.28. The molecule has 0 radical (unpaired) electrons. The predicted molar refractivity (Wildman–Crippen MR) is 76.6 cm³/mol. The topological polar surface area (TPSA) is 26.3 Å². The van der Waals surface area contributed by atoms with Gasteiger partial charge in [0, 0.05) is 6.42 Å². The molecular weight excluding hydrogens is 248 g/mol. The molecule has 4 rings (SSSR count). The molecule has 1 saturated heterocycles. The molecule has 2 aromatic carbocycles. The fourth-order valence-electron chi connectivity index (χ4n) is 3.61. The van der Waals surface area contributed by atoms with E-state index in [9.17, 15) is 4.79 Å². The summed E-state index contributed by atoms with van der Waals surface area (Å²) >= 11 is 0. The fraction of sp³-hybridized carbons (Fsp3) is 0.278. The van der Waals surface area contributed by atoms with Crippen LogP contribution in [0.4, 0.5) is 0 Å². The average Bonchev–Trinajstić information content (AvgIpc) is 2.82. The number of Topliss-reactive ketones (excluding diaryl/α,β-unsaturated/α-hetero) is 1. The molecule has 2 nitrogen and oxygen atoms in total. The van der Waals surface area contributed by atoms with E-state index in [2.05, 4.69) is 36.4 Å². The lowest BCUT2D eigenvalue weighted by Gasteiger charge is -2.30. The summed E-state index contributed by atoms with van der Waals surface area (Å²) in [5.74, 6) is 0.191. The summed E-state index contributed by atoms with van der Waals surface area (Å²) in [7, 11) is 0. The Bertz CT molecular complexity index is 640. The zero-order chi connectivity index (χ0) is 13.6. The van der Waals surface area contributed by atoms with Crippen molar-refractivity contribution in [2.45, 2.75) is 24.9 Å². The molecule has 1 fully saturated rings. The Morgan fingerprint density at radius 1 is 0.850 bits per heavy atom. The molecule has 2 aromatic rings. The lowest BCUT2D eigenvalue weighted by molar-refractivity contribution is -0.117. The van der Waals surface area contributed by atoms with Crippen molar-refractivity contribution >= 4 is 5.78 Å². The minimum Gasteiger partial charge on any atom is -0.357 e. The number of carbonyl (C=O) groups is 1. The van der Waals surface area contributed by atoms with E-state index in [0.29, 0.717) is 6.42 Å². The molecule has 20 heavy (non-hydrogen) atoms. The van der Waals surface area contributed by atoms with Crippen LogP contribution < -0.4 is 0 Å². The van der Waals surface area contributed by atoms with Gasteiger partial charge >= 0.3 is 0 Å². The second-order valence-corrected chi connectivity index (χ2v) is 5.65. The predicted octanol–water partition coefficient (Wildman–Crippen LogP) is 3.02. The van der Waals surface area contributed by atoms with Gasteiger partial charge in [-0.05, 0) is 35.1 Å². The second-order valence-electron chi connectivity index (χ2n) is 5.65. The van der Waals surface area contributed by atoms with E-state index in [1.54, 1.807) is 0 Å². The molecule has 0 atom stereocenters. The number of carbonyl (C=O) groups excluding carboxylic acids is 1. The first kappa shape index (κ1) is 11.9. The van der Waals surface area contributed by atoms with Crippen LogP contribution in [0.1, 0.15) is 28.7 Å². The van der Waals surface area contributed by atoms with Crippen molar-refractivity contribution in [1.82, 2.24) is 0 Å². The van der Waals surface area contributed by atoms with Crippen molar-refractivity contribution in [1.29, 1.82) is 0 Å². The number of aryl methyl sites for hydroxylation is 2. The Morgan fingerprint density at radius 2 is 1.40 bits per heavy atom. The van der Waals surface area contributed by atoms with Gasteiger partial charge in [-0.25, -0.2) is 0 Å². The molecule has 2 heteroatoms. The molecule has 1 aliphatic heterocycles. The summed E-state index contributed by atoms with van der Waals surface area (Å²) in [5, 5.41) is 0. The zero-order valence-corrected chi connectivity index (χ0v) is 11.3. The van der Waals surface area contributed by atoms with E-state index in [1.165, 1.54) is 22.3 Å². The molecule has 1 heterocycles. The van der Waals surface area contributed by atoms with Crippen LogP contribution in [0.25, 0.3) is 0 Å². The van der Waals surface area contributed by atoms with Crippen LogP contribution in [0, 0.1) is 0 Å². The standard InChI is InChI=1S/C18H16O2/c19-15-11-18(20-12-15)16-7-3-1-5-13(16)9-10-14-6-2-4-8-17(14)18/h1-8H,9-12H2. The zero-order valence-electron chi connectivity index (χ0n) is 11.3. The first-order chi connectivity index (χ1) is 9.79. The molecule has 0 unspecified atom stereocenters. The smallest absolute Gasteiger partial charge is 0.162 e. The van der Waals surface area contributed by atoms with Crippen LogP contribution >= 0.6 is 0 Å². The van der Waals surface area contributed by atoms with Gasteiger partial charge in [0.2, 0.25) is 0 Å². The van der Waals surface area contributed by atoms with E-state index < -0.39 is 5.60 Å². The first-order valence-electron chi connectivity index (χ1n) is 7.12. The third-order valence-electron chi connectivity index (χ3n) is 4.49. The summed E-state index contributed by atoms with van der Waals surface area (Å²) < 4.78 is 6.08. The fourth-order valence-corrected chi connectivity index (χ4v) is 3.61. The lowest BCUT2D eigenvalue weighted by atomic mass is 9.81. The molecule has 2 aliphatic rings. The Kier molecular flexibility index (Phi) is 2.54. The second kappa shape index (κ2) is 4.29. The molecule has 0 bridgehead atoms. The van der Waals surface area contributed by atoms with Gasteiger partial charge in [0.1, 0.15) is 12.2 Å². The molecule has 0 aromatic heterocycles. The number of rotatable bonds is 0. The highest BCUT2D eigenvalue weighted by Gasteiger charge is 2.46. The highest BCUT2D eigenvalue weighted by molar-refractivity contribution is 5.84. The van der Waals surface area contributed by atoms with Crippen LogP contribution in [0.5, 0.6) is 0 Å². The number of ether oxygens (including phenoxy) is 1. The van der Waals surface area contributed by atoms with Crippen LogP contribution in [-0.2, 0) is 28.0 Å². The quantitative estimate of drug-likeness (QED) is 0.731. The maximum Gasteiger partial charge on any atom is 0.162 e. The normalized spacial score (nSPS) is 19.5. The third-order valence-corrected chi connectivity index (χ3v) is 4.49. The van der Waals surface area contributed by atoms with Crippen LogP contribution in [-0.4, -0.2) is 12.4 Å². The Labute approximate surface area is 118 Å². The highest BCUT2D eigenvalue weighted by Crippen LogP contribution is 2.45. The van der Waals surface area contributed by atoms with Crippen LogP contribution in [0.15, 0.2) is 48.5 Å². The molecular formula is C18H16O2. The van der Waals surface area contributed by atoms with Gasteiger partial charge < -0.3 is 4.74 Å². The molecule has 0 N–H and O–H groups in total. The number of hydrogen-bond acceptors (Lipinski definition) is 2. The van der Waals surface area contributed by atoms with Crippen molar-refractivity contribution in [2.75, 3.05) is 6.61 Å². The monoisotopic (exact) mass is 264 g/mol. The van der Waals surface area contributed by atoms with E-state index in [0.717, 1.165) is 12.8 Å². The van der Waals surface area contributed by atoms with E-state index in [1.807, 2.05) is 12.1 Å². The van der Waals surface area contributed by atoms with Gasteiger partial charge in [-0.1, -0.05) is 48.5 Å². The van der Waals surface area contributed by atoms with Gasteiger partial charge in [0.25, 0.3) is 0 Å². The Hall–Kier alpha value is -1.93. The number of benzene rings is 2. The average molecular weight is 264 g/mol. The largest absolute Gasteiger partial charge is 0.357 e. The van der Waals surface area contributed by atoms with E-state index in [-0.39, 0.29) is 12.4 Å². The maximum absolute atomic E-state index is 11.9. The first-order valence-corrected chi connectivity index (χ1v) is 7.12. The Morgan fingerprint density at radius 3 is 1.90 bits per heavy atom. The van der Waals surface area contributed by atoms with Gasteiger partial charge in [-0.15, -0.1) is 0 Å². The summed E-state index contributed by atoms with van der Waals surface area (Å²) in [6.45, 7) is 0.225. The third kappa shape index (κ3) is 1.58. The molecule has 1 spiro atoms. The van der Waals surface area contributed by atoms with Crippen molar-refractivity contribution in [2.24, 2.45) is 0 Å². The maximum atomic E-state index is 11.9. The molecule has 100 valence electrons.